The Morgan fingerprint density at radius 3 is 2.77 bits per heavy atom. The van der Waals surface area contributed by atoms with E-state index in [1.54, 1.807) is 24.3 Å². The maximum Gasteiger partial charge on any atom is 0.294 e. The topological polar surface area (TPSA) is 46.6 Å². The SMILES string of the molecule is C#CCN1C(=O)S/C(=C/c2ccc(OC(C)C)c(Cl)c2)C1=O. The van der Waals surface area contributed by atoms with E-state index in [9.17, 15) is 9.59 Å². The zero-order chi connectivity index (χ0) is 16.3. The van der Waals surface area contributed by atoms with Crippen molar-refractivity contribution in [2.45, 2.75) is 20.0 Å². The van der Waals surface area contributed by atoms with Gasteiger partial charge in [0, 0.05) is 0 Å². The van der Waals surface area contributed by atoms with Gasteiger partial charge in [-0.25, -0.2) is 0 Å². The Labute approximate surface area is 138 Å². The van der Waals surface area contributed by atoms with Crippen LogP contribution in [0.15, 0.2) is 23.1 Å². The Morgan fingerprint density at radius 2 is 2.18 bits per heavy atom. The van der Waals surface area contributed by atoms with Crippen LogP contribution in [0.25, 0.3) is 6.08 Å². The fourth-order valence-corrected chi connectivity index (χ4v) is 2.91. The van der Waals surface area contributed by atoms with Crippen molar-refractivity contribution in [2.24, 2.45) is 0 Å². The van der Waals surface area contributed by atoms with Gasteiger partial charge in [-0.15, -0.1) is 6.42 Å². The molecule has 0 atom stereocenters. The quantitative estimate of drug-likeness (QED) is 0.620. The van der Waals surface area contributed by atoms with Gasteiger partial charge in [-0.3, -0.25) is 14.5 Å². The molecule has 1 heterocycles. The number of carbonyl (C=O) groups is 2. The standard InChI is InChI=1S/C16H14ClNO3S/c1-4-7-18-15(19)14(22-16(18)20)9-11-5-6-13(12(17)8-11)21-10(2)3/h1,5-6,8-10H,7H2,2-3H3/b14-9+. The lowest BCUT2D eigenvalue weighted by molar-refractivity contribution is -0.122. The van der Waals surface area contributed by atoms with E-state index in [-0.39, 0.29) is 23.8 Å². The zero-order valence-corrected chi connectivity index (χ0v) is 13.7. The van der Waals surface area contributed by atoms with Crippen LogP contribution in [-0.4, -0.2) is 28.7 Å². The molecule has 2 amide bonds. The molecule has 6 heteroatoms. The number of thioether (sulfide) groups is 1. The normalized spacial score (nSPS) is 16.5. The van der Waals surface area contributed by atoms with E-state index in [1.165, 1.54) is 0 Å². The Hall–Kier alpha value is -1.90. The molecule has 1 fully saturated rings. The molecule has 2 rings (SSSR count). The molecule has 1 aromatic carbocycles. The first kappa shape index (κ1) is 16.5. The molecule has 0 aliphatic carbocycles. The molecule has 0 spiro atoms. The van der Waals surface area contributed by atoms with Gasteiger partial charge < -0.3 is 4.74 Å². The highest BCUT2D eigenvalue weighted by molar-refractivity contribution is 8.18. The Kier molecular flexibility index (Phi) is 5.17. The third-order valence-corrected chi connectivity index (χ3v) is 3.94. The van der Waals surface area contributed by atoms with Crippen LogP contribution < -0.4 is 4.74 Å². The van der Waals surface area contributed by atoms with E-state index in [1.807, 2.05) is 13.8 Å². The van der Waals surface area contributed by atoms with Crippen molar-refractivity contribution < 1.29 is 14.3 Å². The van der Waals surface area contributed by atoms with Gasteiger partial charge in [-0.05, 0) is 49.4 Å². The molecule has 22 heavy (non-hydrogen) atoms. The zero-order valence-electron chi connectivity index (χ0n) is 12.1. The average Bonchev–Trinajstić information content (AvgIpc) is 2.70. The number of rotatable bonds is 4. The molecular formula is C16H14ClNO3S. The lowest BCUT2D eigenvalue weighted by Crippen LogP contribution is -2.28. The molecule has 0 radical (unpaired) electrons. The number of amides is 2. The number of hydrogen-bond acceptors (Lipinski definition) is 4. The van der Waals surface area contributed by atoms with Crippen LogP contribution in [0, 0.1) is 12.3 Å². The number of carbonyl (C=O) groups excluding carboxylic acids is 2. The average molecular weight is 336 g/mol. The minimum absolute atomic E-state index is 0.0172. The van der Waals surface area contributed by atoms with E-state index in [0.717, 1.165) is 16.7 Å². The highest BCUT2D eigenvalue weighted by Crippen LogP contribution is 2.33. The highest BCUT2D eigenvalue weighted by Gasteiger charge is 2.34. The van der Waals surface area contributed by atoms with Crippen LogP contribution in [0.5, 0.6) is 5.75 Å². The summed E-state index contributed by atoms with van der Waals surface area (Å²) in [6.45, 7) is 3.79. The number of imide groups is 1. The molecular weight excluding hydrogens is 322 g/mol. The van der Waals surface area contributed by atoms with Gasteiger partial charge in [0.1, 0.15) is 5.75 Å². The summed E-state index contributed by atoms with van der Waals surface area (Å²) in [6.07, 6.45) is 6.79. The first-order chi connectivity index (χ1) is 10.4. The van der Waals surface area contributed by atoms with Gasteiger partial charge in [-0.1, -0.05) is 23.6 Å². The third-order valence-electron chi connectivity index (χ3n) is 2.74. The van der Waals surface area contributed by atoms with Gasteiger partial charge in [0.15, 0.2) is 0 Å². The second-order valence-corrected chi connectivity index (χ2v) is 6.23. The van der Waals surface area contributed by atoms with Crippen molar-refractivity contribution in [3.05, 3.63) is 33.7 Å². The molecule has 1 aliphatic rings. The van der Waals surface area contributed by atoms with Crippen LogP contribution in [0.3, 0.4) is 0 Å². The number of halogens is 1. The predicted molar refractivity (Wildman–Crippen MR) is 88.7 cm³/mol. The number of benzene rings is 1. The fraction of sp³-hybridized carbons (Fsp3) is 0.250. The van der Waals surface area contributed by atoms with E-state index < -0.39 is 0 Å². The molecule has 114 valence electrons. The van der Waals surface area contributed by atoms with Crippen LogP contribution in [0.1, 0.15) is 19.4 Å². The Balaban J connectivity index is 2.23. The molecule has 1 aromatic rings. The van der Waals surface area contributed by atoms with E-state index >= 15 is 0 Å². The summed E-state index contributed by atoms with van der Waals surface area (Å²) >= 11 is 7.02. The fourth-order valence-electron chi connectivity index (χ4n) is 1.84. The number of hydrogen-bond donors (Lipinski definition) is 0. The van der Waals surface area contributed by atoms with E-state index in [4.69, 9.17) is 22.8 Å². The predicted octanol–water partition coefficient (Wildman–Crippen LogP) is 3.80. The van der Waals surface area contributed by atoms with E-state index in [2.05, 4.69) is 5.92 Å². The molecule has 4 nitrogen and oxygen atoms in total. The van der Waals surface area contributed by atoms with Crippen molar-refractivity contribution in [3.8, 4) is 18.1 Å². The maximum atomic E-state index is 12.1. The largest absolute Gasteiger partial charge is 0.489 e. The Bertz CT molecular complexity index is 691. The van der Waals surface area contributed by atoms with Crippen molar-refractivity contribution in [3.63, 3.8) is 0 Å². The lowest BCUT2D eigenvalue weighted by Gasteiger charge is -2.11. The molecule has 0 aromatic heterocycles. The van der Waals surface area contributed by atoms with Gasteiger partial charge >= 0.3 is 0 Å². The number of terminal acetylenes is 1. The smallest absolute Gasteiger partial charge is 0.294 e. The van der Waals surface area contributed by atoms with Crippen molar-refractivity contribution in [1.82, 2.24) is 4.90 Å². The van der Waals surface area contributed by atoms with Gasteiger partial charge in [0.05, 0.1) is 22.6 Å². The highest BCUT2D eigenvalue weighted by atomic mass is 35.5. The minimum atomic E-state index is -0.383. The van der Waals surface area contributed by atoms with Crippen molar-refractivity contribution >= 4 is 40.6 Å². The Morgan fingerprint density at radius 1 is 1.45 bits per heavy atom. The summed E-state index contributed by atoms with van der Waals surface area (Å²) < 4.78 is 5.55. The summed E-state index contributed by atoms with van der Waals surface area (Å²) in [5, 5.41) is 0.0883. The number of ether oxygens (including phenoxy) is 1. The second kappa shape index (κ2) is 6.91. The first-order valence-corrected chi connectivity index (χ1v) is 7.77. The summed E-state index contributed by atoms with van der Waals surface area (Å²) in [4.78, 5) is 25.1. The third kappa shape index (κ3) is 3.65. The lowest BCUT2D eigenvalue weighted by atomic mass is 10.2. The monoisotopic (exact) mass is 335 g/mol. The summed E-state index contributed by atoms with van der Waals surface area (Å²) in [6, 6.07) is 5.20. The first-order valence-electron chi connectivity index (χ1n) is 6.57. The van der Waals surface area contributed by atoms with Crippen LogP contribution in [0.4, 0.5) is 4.79 Å². The summed E-state index contributed by atoms with van der Waals surface area (Å²) in [5.41, 5.74) is 0.715. The maximum absolute atomic E-state index is 12.1. The van der Waals surface area contributed by atoms with E-state index in [0.29, 0.717) is 21.2 Å². The second-order valence-electron chi connectivity index (χ2n) is 4.83. The summed E-state index contributed by atoms with van der Waals surface area (Å²) in [7, 11) is 0. The van der Waals surface area contributed by atoms with Crippen molar-refractivity contribution in [1.29, 1.82) is 0 Å². The van der Waals surface area contributed by atoms with Gasteiger partial charge in [0.2, 0.25) is 0 Å². The number of nitrogens with zero attached hydrogens (tertiary/aromatic N) is 1. The minimum Gasteiger partial charge on any atom is -0.489 e. The molecule has 1 saturated heterocycles. The summed E-state index contributed by atoms with van der Waals surface area (Å²) in [5.74, 6) is 2.49. The molecule has 0 bridgehead atoms. The molecule has 1 aliphatic heterocycles. The van der Waals surface area contributed by atoms with Crippen LogP contribution in [0.2, 0.25) is 5.02 Å². The van der Waals surface area contributed by atoms with Crippen LogP contribution >= 0.6 is 23.4 Å². The van der Waals surface area contributed by atoms with Crippen LogP contribution in [-0.2, 0) is 4.79 Å². The molecule has 0 unspecified atom stereocenters. The van der Waals surface area contributed by atoms with Crippen molar-refractivity contribution in [2.75, 3.05) is 6.54 Å². The van der Waals surface area contributed by atoms with Gasteiger partial charge in [0.25, 0.3) is 11.1 Å². The van der Waals surface area contributed by atoms with Gasteiger partial charge in [-0.2, -0.15) is 0 Å². The molecule has 0 N–H and O–H groups in total. The molecule has 0 saturated carbocycles.